The predicted molar refractivity (Wildman–Crippen MR) is 81.8 cm³/mol. The van der Waals surface area contributed by atoms with Crippen LogP contribution in [-0.2, 0) is 6.54 Å². The normalized spacial score (nSPS) is 11.1. The molecule has 0 amide bonds. The molecule has 0 aliphatic carbocycles. The molecule has 0 saturated carbocycles. The minimum atomic E-state index is 0.860. The number of H-pyrrole nitrogens is 1. The number of benzene rings is 1. The lowest BCUT2D eigenvalue weighted by atomic mass is 10.3. The quantitative estimate of drug-likeness (QED) is 0.755. The maximum atomic E-state index is 4.54. The molecule has 20 heavy (non-hydrogen) atoms. The number of hydrogen-bond donors (Lipinski definition) is 2. The molecule has 5 heteroatoms. The van der Waals surface area contributed by atoms with Crippen molar-refractivity contribution in [3.8, 4) is 0 Å². The van der Waals surface area contributed by atoms with Crippen LogP contribution in [0.3, 0.4) is 0 Å². The first-order valence-electron chi connectivity index (χ1n) is 6.63. The van der Waals surface area contributed by atoms with E-state index in [4.69, 9.17) is 0 Å². The van der Waals surface area contributed by atoms with E-state index in [1.807, 2.05) is 36.5 Å². The van der Waals surface area contributed by atoms with Crippen LogP contribution in [0.5, 0.6) is 0 Å². The summed E-state index contributed by atoms with van der Waals surface area (Å²) in [5, 5.41) is 5.11. The zero-order valence-corrected chi connectivity index (χ0v) is 12.1. The Bertz CT molecular complexity index is 657. The molecule has 0 aliphatic rings. The lowest BCUT2D eigenvalue weighted by Crippen LogP contribution is -2.11. The standard InChI is InChI=1S/C15H16N4S/c1-2-16-9-11-7-8-14(17-10-11)20-15-18-12-5-3-4-6-13(12)19-15/h3-8,10,16H,2,9H2,1H3,(H,18,19). The summed E-state index contributed by atoms with van der Waals surface area (Å²) in [5.41, 5.74) is 3.23. The van der Waals surface area contributed by atoms with Gasteiger partial charge in [0.25, 0.3) is 0 Å². The zero-order valence-electron chi connectivity index (χ0n) is 11.3. The molecule has 2 aromatic heterocycles. The monoisotopic (exact) mass is 284 g/mol. The van der Waals surface area contributed by atoms with Gasteiger partial charge in [-0.15, -0.1) is 0 Å². The van der Waals surface area contributed by atoms with Crippen LogP contribution in [0.2, 0.25) is 0 Å². The molecule has 2 heterocycles. The minimum Gasteiger partial charge on any atom is -0.333 e. The smallest absolute Gasteiger partial charge is 0.172 e. The number of aromatic amines is 1. The van der Waals surface area contributed by atoms with Gasteiger partial charge in [-0.1, -0.05) is 25.1 Å². The molecule has 0 unspecified atom stereocenters. The molecule has 0 fully saturated rings. The SMILES string of the molecule is CCNCc1ccc(Sc2nc3ccccc3[nH]2)nc1. The second-order valence-electron chi connectivity index (χ2n) is 4.45. The highest BCUT2D eigenvalue weighted by Gasteiger charge is 2.05. The fraction of sp³-hybridized carbons (Fsp3) is 0.200. The summed E-state index contributed by atoms with van der Waals surface area (Å²) in [7, 11) is 0. The van der Waals surface area contributed by atoms with Gasteiger partial charge in [-0.05, 0) is 42.1 Å². The van der Waals surface area contributed by atoms with E-state index in [0.717, 1.165) is 34.3 Å². The average molecular weight is 284 g/mol. The largest absolute Gasteiger partial charge is 0.333 e. The van der Waals surface area contributed by atoms with Crippen LogP contribution in [0, 0.1) is 0 Å². The van der Waals surface area contributed by atoms with E-state index < -0.39 is 0 Å². The Hall–Kier alpha value is -1.85. The maximum Gasteiger partial charge on any atom is 0.172 e. The molecule has 3 rings (SSSR count). The number of hydrogen-bond acceptors (Lipinski definition) is 4. The third kappa shape index (κ3) is 3.00. The molecule has 0 radical (unpaired) electrons. The van der Waals surface area contributed by atoms with Gasteiger partial charge in [0.05, 0.1) is 11.0 Å². The van der Waals surface area contributed by atoms with Gasteiger partial charge in [-0.25, -0.2) is 9.97 Å². The van der Waals surface area contributed by atoms with E-state index in [2.05, 4.69) is 33.3 Å². The number of para-hydroxylation sites is 2. The van der Waals surface area contributed by atoms with Gasteiger partial charge < -0.3 is 10.3 Å². The van der Waals surface area contributed by atoms with E-state index in [-0.39, 0.29) is 0 Å². The van der Waals surface area contributed by atoms with Gasteiger partial charge in [-0.3, -0.25) is 0 Å². The van der Waals surface area contributed by atoms with E-state index in [0.29, 0.717) is 0 Å². The summed E-state index contributed by atoms with van der Waals surface area (Å²) in [6.07, 6.45) is 1.91. The zero-order chi connectivity index (χ0) is 13.8. The van der Waals surface area contributed by atoms with E-state index in [9.17, 15) is 0 Å². The third-order valence-electron chi connectivity index (χ3n) is 2.95. The first-order valence-corrected chi connectivity index (χ1v) is 7.45. The van der Waals surface area contributed by atoms with Crippen molar-refractivity contribution in [2.24, 2.45) is 0 Å². The molecule has 3 aromatic rings. The molecule has 0 atom stereocenters. The number of fused-ring (bicyclic) bond motifs is 1. The van der Waals surface area contributed by atoms with Crippen LogP contribution < -0.4 is 5.32 Å². The van der Waals surface area contributed by atoms with Gasteiger partial charge in [0.15, 0.2) is 5.16 Å². The van der Waals surface area contributed by atoms with Crippen LogP contribution in [0.4, 0.5) is 0 Å². The molecule has 0 spiro atoms. The predicted octanol–water partition coefficient (Wildman–Crippen LogP) is 3.22. The topological polar surface area (TPSA) is 53.6 Å². The second-order valence-corrected chi connectivity index (χ2v) is 5.46. The van der Waals surface area contributed by atoms with Crippen LogP contribution in [0.1, 0.15) is 12.5 Å². The van der Waals surface area contributed by atoms with Gasteiger partial charge in [0, 0.05) is 12.7 Å². The number of nitrogens with zero attached hydrogens (tertiary/aromatic N) is 2. The van der Waals surface area contributed by atoms with Gasteiger partial charge in [0.1, 0.15) is 5.03 Å². The Morgan fingerprint density at radius 1 is 1.20 bits per heavy atom. The van der Waals surface area contributed by atoms with Crippen LogP contribution >= 0.6 is 11.8 Å². The first kappa shape index (κ1) is 13.1. The Morgan fingerprint density at radius 3 is 2.85 bits per heavy atom. The number of nitrogens with one attached hydrogen (secondary N) is 2. The van der Waals surface area contributed by atoms with E-state index in [1.54, 1.807) is 11.8 Å². The number of pyridine rings is 1. The summed E-state index contributed by atoms with van der Waals surface area (Å²) >= 11 is 1.55. The van der Waals surface area contributed by atoms with E-state index in [1.165, 1.54) is 5.56 Å². The average Bonchev–Trinajstić information content (AvgIpc) is 2.89. The maximum absolute atomic E-state index is 4.54. The number of rotatable bonds is 5. The molecular weight excluding hydrogens is 268 g/mol. The third-order valence-corrected chi connectivity index (χ3v) is 3.78. The summed E-state index contributed by atoms with van der Waals surface area (Å²) in [6, 6.07) is 12.2. The Kier molecular flexibility index (Phi) is 3.99. The van der Waals surface area contributed by atoms with Crippen molar-refractivity contribution >= 4 is 22.8 Å². The van der Waals surface area contributed by atoms with Crippen molar-refractivity contribution in [3.05, 3.63) is 48.2 Å². The fourth-order valence-electron chi connectivity index (χ4n) is 1.92. The lowest BCUT2D eigenvalue weighted by molar-refractivity contribution is 0.723. The van der Waals surface area contributed by atoms with Gasteiger partial charge >= 0.3 is 0 Å². The number of imidazole rings is 1. The number of aromatic nitrogens is 3. The lowest BCUT2D eigenvalue weighted by Gasteiger charge is -2.02. The Labute approximate surface area is 122 Å². The van der Waals surface area contributed by atoms with E-state index >= 15 is 0 Å². The summed E-state index contributed by atoms with van der Waals surface area (Å²) in [4.78, 5) is 12.3. The summed E-state index contributed by atoms with van der Waals surface area (Å²) < 4.78 is 0. The molecule has 4 nitrogen and oxygen atoms in total. The summed E-state index contributed by atoms with van der Waals surface area (Å²) in [5.74, 6) is 0. The molecule has 2 N–H and O–H groups in total. The Morgan fingerprint density at radius 2 is 2.10 bits per heavy atom. The van der Waals surface area contributed by atoms with Crippen molar-refractivity contribution in [2.45, 2.75) is 23.7 Å². The van der Waals surface area contributed by atoms with Crippen molar-refractivity contribution in [1.29, 1.82) is 0 Å². The van der Waals surface area contributed by atoms with Crippen molar-refractivity contribution < 1.29 is 0 Å². The van der Waals surface area contributed by atoms with Gasteiger partial charge in [-0.2, -0.15) is 0 Å². The second kappa shape index (κ2) is 6.07. The molecule has 0 bridgehead atoms. The highest BCUT2D eigenvalue weighted by molar-refractivity contribution is 7.99. The Balaban J connectivity index is 1.73. The molecule has 102 valence electrons. The van der Waals surface area contributed by atoms with Crippen molar-refractivity contribution in [2.75, 3.05) is 6.54 Å². The summed E-state index contributed by atoms with van der Waals surface area (Å²) in [6.45, 7) is 3.92. The highest BCUT2D eigenvalue weighted by Crippen LogP contribution is 2.25. The van der Waals surface area contributed by atoms with Crippen molar-refractivity contribution in [3.63, 3.8) is 0 Å². The first-order chi connectivity index (χ1) is 9.85. The van der Waals surface area contributed by atoms with Gasteiger partial charge in [0.2, 0.25) is 0 Å². The van der Waals surface area contributed by atoms with Crippen LogP contribution in [-0.4, -0.2) is 21.5 Å². The molecular formula is C15H16N4S. The fourth-order valence-corrected chi connectivity index (χ4v) is 2.67. The van der Waals surface area contributed by atoms with Crippen LogP contribution in [0.15, 0.2) is 52.8 Å². The highest BCUT2D eigenvalue weighted by atomic mass is 32.2. The van der Waals surface area contributed by atoms with Crippen molar-refractivity contribution in [1.82, 2.24) is 20.3 Å². The van der Waals surface area contributed by atoms with Crippen LogP contribution in [0.25, 0.3) is 11.0 Å². The molecule has 1 aromatic carbocycles. The molecule has 0 aliphatic heterocycles. The minimum absolute atomic E-state index is 0.860. The molecule has 0 saturated heterocycles.